The number of sulfonamides is 1. The first-order chi connectivity index (χ1) is 12.9. The fourth-order valence-corrected chi connectivity index (χ4v) is 3.71. The Morgan fingerprint density at radius 1 is 1.15 bits per heavy atom. The minimum absolute atomic E-state index is 0.0735. The van der Waals surface area contributed by atoms with Crippen LogP contribution in [-0.4, -0.2) is 64.0 Å². The molecule has 2 aromatic rings. The van der Waals surface area contributed by atoms with Crippen molar-refractivity contribution in [3.63, 3.8) is 0 Å². The summed E-state index contributed by atoms with van der Waals surface area (Å²) in [5.74, 6) is -0.376. The lowest BCUT2D eigenvalue weighted by atomic mass is 10.1. The second-order valence-corrected chi connectivity index (χ2v) is 8.41. The number of hydrogen-bond donors (Lipinski definition) is 1. The molecule has 1 fully saturated rings. The SMILES string of the molecule is CN(C)S(=O)(=O)c1ccc(N2CCOCC2)c(C(=O)Nc2ccncc2)c1. The summed E-state index contributed by atoms with van der Waals surface area (Å²) in [4.78, 5) is 19.0. The first kappa shape index (κ1) is 19.3. The van der Waals surface area contributed by atoms with Gasteiger partial charge >= 0.3 is 0 Å². The first-order valence-corrected chi connectivity index (χ1v) is 9.94. The van der Waals surface area contributed by atoms with Gasteiger partial charge in [-0.15, -0.1) is 0 Å². The lowest BCUT2D eigenvalue weighted by Gasteiger charge is -2.30. The Balaban J connectivity index is 2.02. The maximum absolute atomic E-state index is 12.9. The summed E-state index contributed by atoms with van der Waals surface area (Å²) >= 11 is 0. The zero-order valence-electron chi connectivity index (χ0n) is 15.3. The number of carbonyl (C=O) groups excluding carboxylic acids is 1. The Morgan fingerprint density at radius 2 is 1.81 bits per heavy atom. The number of rotatable bonds is 5. The maximum atomic E-state index is 12.9. The molecular weight excluding hydrogens is 368 g/mol. The van der Waals surface area contributed by atoms with E-state index in [4.69, 9.17) is 4.74 Å². The molecule has 1 aromatic carbocycles. The standard InChI is InChI=1S/C18H22N4O4S/c1-21(2)27(24,25)15-3-4-17(22-9-11-26-12-10-22)16(13-15)18(23)20-14-5-7-19-8-6-14/h3-8,13H,9-12H2,1-2H3,(H,19,20,23). The van der Waals surface area contributed by atoms with Crippen molar-refractivity contribution in [3.8, 4) is 0 Å². The Labute approximate surface area is 158 Å². The second-order valence-electron chi connectivity index (χ2n) is 6.26. The summed E-state index contributed by atoms with van der Waals surface area (Å²) in [7, 11) is -0.733. The van der Waals surface area contributed by atoms with E-state index in [1.165, 1.54) is 26.2 Å². The van der Waals surface area contributed by atoms with Gasteiger partial charge in [-0.25, -0.2) is 12.7 Å². The predicted octanol–water partition coefficient (Wildman–Crippen LogP) is 1.42. The molecule has 8 nitrogen and oxygen atoms in total. The zero-order valence-corrected chi connectivity index (χ0v) is 16.1. The van der Waals surface area contributed by atoms with E-state index >= 15 is 0 Å². The van der Waals surface area contributed by atoms with Crippen LogP contribution < -0.4 is 10.2 Å². The van der Waals surface area contributed by atoms with Crippen LogP contribution in [0.15, 0.2) is 47.6 Å². The summed E-state index contributed by atoms with van der Waals surface area (Å²) in [6.07, 6.45) is 3.15. The molecule has 0 aliphatic carbocycles. The number of nitrogens with one attached hydrogen (secondary N) is 1. The Bertz CT molecular complexity index is 910. The van der Waals surface area contributed by atoms with Crippen LogP contribution in [0, 0.1) is 0 Å². The smallest absolute Gasteiger partial charge is 0.257 e. The number of aromatic nitrogens is 1. The van der Waals surface area contributed by atoms with Gasteiger partial charge in [0.1, 0.15) is 0 Å². The van der Waals surface area contributed by atoms with Crippen LogP contribution in [0.3, 0.4) is 0 Å². The van der Waals surface area contributed by atoms with Crippen LogP contribution in [0.1, 0.15) is 10.4 Å². The molecule has 3 rings (SSSR count). The second kappa shape index (κ2) is 8.03. The van der Waals surface area contributed by atoms with E-state index in [-0.39, 0.29) is 10.8 Å². The molecule has 1 amide bonds. The van der Waals surface area contributed by atoms with Gasteiger partial charge in [0.15, 0.2) is 0 Å². The third kappa shape index (κ3) is 4.26. The highest BCUT2D eigenvalue weighted by Gasteiger charge is 2.24. The van der Waals surface area contributed by atoms with E-state index in [0.717, 1.165) is 4.31 Å². The molecule has 2 heterocycles. The predicted molar refractivity (Wildman–Crippen MR) is 103 cm³/mol. The van der Waals surface area contributed by atoms with E-state index in [1.54, 1.807) is 30.6 Å². The van der Waals surface area contributed by atoms with Gasteiger partial charge in [0, 0.05) is 51.0 Å². The van der Waals surface area contributed by atoms with Crippen LogP contribution >= 0.6 is 0 Å². The number of ether oxygens (including phenoxy) is 1. The van der Waals surface area contributed by atoms with E-state index in [2.05, 4.69) is 10.3 Å². The molecule has 27 heavy (non-hydrogen) atoms. The Kier molecular flexibility index (Phi) is 5.73. The van der Waals surface area contributed by atoms with Gasteiger partial charge in [-0.05, 0) is 30.3 Å². The minimum Gasteiger partial charge on any atom is -0.378 e. The van der Waals surface area contributed by atoms with Gasteiger partial charge in [0.2, 0.25) is 10.0 Å². The van der Waals surface area contributed by atoms with Crippen molar-refractivity contribution in [2.45, 2.75) is 4.90 Å². The number of hydrogen-bond acceptors (Lipinski definition) is 6. The summed E-state index contributed by atoms with van der Waals surface area (Å²) in [6, 6.07) is 7.99. The quantitative estimate of drug-likeness (QED) is 0.830. The van der Waals surface area contributed by atoms with Gasteiger partial charge in [0.25, 0.3) is 5.91 Å². The fraction of sp³-hybridized carbons (Fsp3) is 0.333. The van der Waals surface area contributed by atoms with Crippen molar-refractivity contribution in [1.29, 1.82) is 0 Å². The van der Waals surface area contributed by atoms with Crippen molar-refractivity contribution in [1.82, 2.24) is 9.29 Å². The number of carbonyl (C=O) groups is 1. The highest BCUT2D eigenvalue weighted by molar-refractivity contribution is 7.89. The van der Waals surface area contributed by atoms with Crippen LogP contribution in [0.5, 0.6) is 0 Å². The topological polar surface area (TPSA) is 91.8 Å². The summed E-state index contributed by atoms with van der Waals surface area (Å²) < 4.78 is 31.5. The number of amides is 1. The van der Waals surface area contributed by atoms with Crippen molar-refractivity contribution in [3.05, 3.63) is 48.3 Å². The average molecular weight is 390 g/mol. The number of nitrogens with zero attached hydrogens (tertiary/aromatic N) is 3. The van der Waals surface area contributed by atoms with Crippen molar-refractivity contribution in [2.75, 3.05) is 50.6 Å². The molecule has 1 saturated heterocycles. The van der Waals surface area contributed by atoms with Crippen molar-refractivity contribution < 1.29 is 17.9 Å². The molecule has 1 aromatic heterocycles. The molecule has 0 bridgehead atoms. The average Bonchev–Trinajstić information content (AvgIpc) is 2.68. The Morgan fingerprint density at radius 3 is 2.44 bits per heavy atom. The van der Waals surface area contributed by atoms with Gasteiger partial charge < -0.3 is 15.0 Å². The molecule has 1 N–H and O–H groups in total. The monoisotopic (exact) mass is 390 g/mol. The number of pyridine rings is 1. The summed E-state index contributed by atoms with van der Waals surface area (Å²) in [5, 5.41) is 2.80. The first-order valence-electron chi connectivity index (χ1n) is 8.50. The largest absolute Gasteiger partial charge is 0.378 e. The molecule has 1 aliphatic heterocycles. The van der Waals surface area contributed by atoms with Crippen LogP contribution in [-0.2, 0) is 14.8 Å². The normalized spacial score (nSPS) is 15.0. The molecule has 9 heteroatoms. The fourth-order valence-electron chi connectivity index (χ4n) is 2.78. The lowest BCUT2D eigenvalue weighted by Crippen LogP contribution is -2.37. The number of morpholine rings is 1. The van der Waals surface area contributed by atoms with E-state index < -0.39 is 10.0 Å². The van der Waals surface area contributed by atoms with Crippen LogP contribution in [0.25, 0.3) is 0 Å². The maximum Gasteiger partial charge on any atom is 0.257 e. The van der Waals surface area contributed by atoms with E-state index in [0.29, 0.717) is 43.2 Å². The van der Waals surface area contributed by atoms with E-state index in [9.17, 15) is 13.2 Å². The Hall–Kier alpha value is -2.49. The third-order valence-corrected chi connectivity index (χ3v) is 6.09. The van der Waals surface area contributed by atoms with Gasteiger partial charge in [-0.2, -0.15) is 0 Å². The van der Waals surface area contributed by atoms with Gasteiger partial charge in [-0.3, -0.25) is 9.78 Å². The summed E-state index contributed by atoms with van der Waals surface area (Å²) in [5.41, 5.74) is 1.57. The third-order valence-electron chi connectivity index (χ3n) is 4.28. The molecule has 1 aliphatic rings. The number of benzene rings is 1. The highest BCUT2D eigenvalue weighted by atomic mass is 32.2. The van der Waals surface area contributed by atoms with Crippen molar-refractivity contribution >= 4 is 27.3 Å². The van der Waals surface area contributed by atoms with E-state index in [1.807, 2.05) is 4.90 Å². The molecule has 0 saturated carbocycles. The van der Waals surface area contributed by atoms with Gasteiger partial charge in [-0.1, -0.05) is 0 Å². The summed E-state index contributed by atoms with van der Waals surface area (Å²) in [6.45, 7) is 2.39. The molecular formula is C18H22N4O4S. The van der Waals surface area contributed by atoms with Crippen LogP contribution in [0.4, 0.5) is 11.4 Å². The van der Waals surface area contributed by atoms with Gasteiger partial charge in [0.05, 0.1) is 23.7 Å². The lowest BCUT2D eigenvalue weighted by molar-refractivity contribution is 0.102. The molecule has 144 valence electrons. The van der Waals surface area contributed by atoms with Crippen LogP contribution in [0.2, 0.25) is 0 Å². The highest BCUT2D eigenvalue weighted by Crippen LogP contribution is 2.27. The zero-order chi connectivity index (χ0) is 19.4. The number of anilines is 2. The molecule has 0 spiro atoms. The molecule has 0 unspecified atom stereocenters. The van der Waals surface area contributed by atoms with Crippen molar-refractivity contribution in [2.24, 2.45) is 0 Å². The minimum atomic E-state index is -3.65. The molecule has 0 atom stereocenters. The molecule has 0 radical (unpaired) electrons.